The van der Waals surface area contributed by atoms with Crippen LogP contribution in [0, 0.1) is 0 Å². The minimum absolute atomic E-state index is 0.102. The van der Waals surface area contributed by atoms with Gasteiger partial charge in [0.15, 0.2) is 9.84 Å². The summed E-state index contributed by atoms with van der Waals surface area (Å²) in [7, 11) is -3.71. The molecule has 0 saturated heterocycles. The van der Waals surface area contributed by atoms with Crippen molar-refractivity contribution in [3.05, 3.63) is 34.9 Å². The van der Waals surface area contributed by atoms with Crippen molar-refractivity contribution in [3.8, 4) is 0 Å². The van der Waals surface area contributed by atoms with Gasteiger partial charge >= 0.3 is 12.1 Å². The van der Waals surface area contributed by atoms with Crippen molar-refractivity contribution in [1.82, 2.24) is 4.90 Å². The monoisotopic (exact) mass is 351 g/mol. The fourth-order valence-corrected chi connectivity index (χ4v) is 3.57. The summed E-state index contributed by atoms with van der Waals surface area (Å²) in [5.41, 5.74) is 0.626. The largest absolute Gasteiger partial charge is 0.480 e. The number of carboxylic acids is 1. The number of rotatable bonds is 5. The number of benzene rings is 1. The zero-order valence-corrected chi connectivity index (χ0v) is 13.0. The van der Waals surface area contributed by atoms with Gasteiger partial charge in [0, 0.05) is 19.6 Å². The molecule has 1 aromatic carbocycles. The van der Waals surface area contributed by atoms with Gasteiger partial charge in [0.2, 0.25) is 0 Å². The van der Waals surface area contributed by atoms with E-state index in [2.05, 4.69) is 0 Å². The van der Waals surface area contributed by atoms with E-state index in [-0.39, 0.29) is 18.8 Å². The van der Waals surface area contributed by atoms with Gasteiger partial charge in [0.25, 0.3) is 0 Å². The first-order chi connectivity index (χ1) is 10.6. The molecule has 1 N–H and O–H groups in total. The number of hydrogen-bond acceptors (Lipinski definition) is 4. The summed E-state index contributed by atoms with van der Waals surface area (Å²) in [5, 5.41) is 8.52. The number of aliphatic carboxylic acids is 1. The molecule has 0 bridgehead atoms. The van der Waals surface area contributed by atoms with Gasteiger partial charge in [0.05, 0.1) is 11.3 Å². The molecule has 1 heterocycles. The lowest BCUT2D eigenvalue weighted by Gasteiger charge is -2.29. The number of carboxylic acid groups (broad SMARTS) is 1. The molecule has 23 heavy (non-hydrogen) atoms. The summed E-state index contributed by atoms with van der Waals surface area (Å²) in [5.74, 6) is -2.67. The van der Waals surface area contributed by atoms with E-state index in [0.717, 1.165) is 17.7 Å². The third kappa shape index (κ3) is 4.93. The fraction of sp³-hybridized carbons (Fsp3) is 0.500. The molecule has 5 nitrogen and oxygen atoms in total. The Labute approximate surface area is 131 Å². The van der Waals surface area contributed by atoms with E-state index in [4.69, 9.17) is 5.11 Å². The molecule has 0 saturated carbocycles. The highest BCUT2D eigenvalue weighted by Crippen LogP contribution is 2.32. The van der Waals surface area contributed by atoms with Crippen molar-refractivity contribution >= 4 is 15.8 Å². The maximum Gasteiger partial charge on any atom is 0.416 e. The first-order valence-electron chi connectivity index (χ1n) is 6.90. The summed E-state index contributed by atoms with van der Waals surface area (Å²) in [6.45, 7) is 0.855. The molecule has 0 spiro atoms. The number of alkyl halides is 3. The van der Waals surface area contributed by atoms with E-state index < -0.39 is 33.3 Å². The molecular formula is C14H16F3NO4S. The minimum atomic E-state index is -4.41. The van der Waals surface area contributed by atoms with E-state index in [9.17, 15) is 26.4 Å². The third-order valence-electron chi connectivity index (χ3n) is 3.69. The molecule has 1 aromatic rings. The summed E-state index contributed by atoms with van der Waals surface area (Å²) in [4.78, 5) is 12.2. The summed E-state index contributed by atoms with van der Waals surface area (Å²) >= 11 is 0. The number of nitrogens with zero attached hydrogens (tertiary/aromatic N) is 1. The van der Waals surface area contributed by atoms with Gasteiger partial charge in [-0.15, -0.1) is 0 Å². The van der Waals surface area contributed by atoms with Crippen molar-refractivity contribution in [1.29, 1.82) is 0 Å². The normalized spacial score (nSPS) is 16.1. The van der Waals surface area contributed by atoms with Crippen LogP contribution in [-0.2, 0) is 33.8 Å². The minimum Gasteiger partial charge on any atom is -0.480 e. The quantitative estimate of drug-likeness (QED) is 0.871. The van der Waals surface area contributed by atoms with Crippen molar-refractivity contribution in [2.24, 2.45) is 0 Å². The van der Waals surface area contributed by atoms with E-state index in [1.54, 1.807) is 4.90 Å². The average Bonchev–Trinajstić information content (AvgIpc) is 2.42. The van der Waals surface area contributed by atoms with E-state index >= 15 is 0 Å². The van der Waals surface area contributed by atoms with Crippen LogP contribution in [0.2, 0.25) is 0 Å². The summed E-state index contributed by atoms with van der Waals surface area (Å²) in [6, 6.07) is 3.59. The summed E-state index contributed by atoms with van der Waals surface area (Å²) in [6.07, 6.45) is -3.88. The standard InChI is InChI=1S/C14H16F3NO4S/c15-14(16,17)12-2-1-10-3-4-18(8-11(10)7-12)5-6-23(21,22)9-13(19)20/h1-2,7H,3-6,8-9H2,(H,19,20). The van der Waals surface area contributed by atoms with E-state index in [1.165, 1.54) is 6.07 Å². The smallest absolute Gasteiger partial charge is 0.416 e. The lowest BCUT2D eigenvalue weighted by atomic mass is 9.97. The third-order valence-corrected chi connectivity index (χ3v) is 5.18. The van der Waals surface area contributed by atoms with Crippen LogP contribution in [0.3, 0.4) is 0 Å². The first kappa shape index (κ1) is 17.7. The number of fused-ring (bicyclic) bond motifs is 1. The number of sulfone groups is 1. The second-order valence-electron chi connectivity index (χ2n) is 5.49. The molecule has 1 aliphatic rings. The molecule has 0 unspecified atom stereocenters. The maximum absolute atomic E-state index is 12.7. The predicted octanol–water partition coefficient (Wildman–Crippen LogP) is 1.56. The molecule has 0 atom stereocenters. The van der Waals surface area contributed by atoms with Gasteiger partial charge in [0.1, 0.15) is 5.75 Å². The fourth-order valence-electron chi connectivity index (χ4n) is 2.51. The molecule has 2 rings (SSSR count). The Balaban J connectivity index is 2.04. The van der Waals surface area contributed by atoms with Crippen LogP contribution in [0.25, 0.3) is 0 Å². The van der Waals surface area contributed by atoms with E-state index in [0.29, 0.717) is 18.5 Å². The topological polar surface area (TPSA) is 74.7 Å². The second kappa shape index (κ2) is 6.48. The Morgan fingerprint density at radius 1 is 1.26 bits per heavy atom. The maximum atomic E-state index is 12.7. The van der Waals surface area contributed by atoms with Gasteiger partial charge in [-0.3, -0.25) is 9.69 Å². The Morgan fingerprint density at radius 3 is 2.57 bits per heavy atom. The second-order valence-corrected chi connectivity index (χ2v) is 7.68. The highest BCUT2D eigenvalue weighted by atomic mass is 32.2. The average molecular weight is 351 g/mol. The van der Waals surface area contributed by atoms with Crippen LogP contribution in [0.4, 0.5) is 13.2 Å². The Hall–Kier alpha value is -1.61. The number of carbonyl (C=O) groups is 1. The highest BCUT2D eigenvalue weighted by molar-refractivity contribution is 7.92. The van der Waals surface area contributed by atoms with Crippen LogP contribution >= 0.6 is 0 Å². The zero-order valence-electron chi connectivity index (χ0n) is 12.1. The van der Waals surface area contributed by atoms with Crippen molar-refractivity contribution < 1.29 is 31.5 Å². The molecule has 0 aliphatic carbocycles. The van der Waals surface area contributed by atoms with Gasteiger partial charge in [-0.1, -0.05) is 6.07 Å². The van der Waals surface area contributed by atoms with Gasteiger partial charge < -0.3 is 5.11 Å². The Bertz CT molecular complexity index is 700. The Morgan fingerprint density at radius 2 is 1.96 bits per heavy atom. The zero-order chi connectivity index (χ0) is 17.3. The molecule has 0 fully saturated rings. The SMILES string of the molecule is O=C(O)CS(=O)(=O)CCN1CCc2ccc(C(F)(F)F)cc2C1. The van der Waals surface area contributed by atoms with Crippen LogP contribution in [0.1, 0.15) is 16.7 Å². The molecule has 0 amide bonds. The number of hydrogen-bond donors (Lipinski definition) is 1. The predicted molar refractivity (Wildman–Crippen MR) is 76.7 cm³/mol. The van der Waals surface area contributed by atoms with Crippen molar-refractivity contribution in [3.63, 3.8) is 0 Å². The van der Waals surface area contributed by atoms with Crippen LogP contribution in [-0.4, -0.2) is 49.0 Å². The first-order valence-corrected chi connectivity index (χ1v) is 8.72. The van der Waals surface area contributed by atoms with Crippen molar-refractivity contribution in [2.75, 3.05) is 24.6 Å². The number of halogens is 3. The van der Waals surface area contributed by atoms with Crippen LogP contribution in [0.5, 0.6) is 0 Å². The van der Waals surface area contributed by atoms with Crippen LogP contribution < -0.4 is 0 Å². The lowest BCUT2D eigenvalue weighted by Crippen LogP contribution is -2.35. The highest BCUT2D eigenvalue weighted by Gasteiger charge is 2.31. The molecule has 0 radical (unpaired) electrons. The van der Waals surface area contributed by atoms with Gasteiger partial charge in [-0.05, 0) is 29.7 Å². The van der Waals surface area contributed by atoms with Gasteiger partial charge in [-0.2, -0.15) is 13.2 Å². The lowest BCUT2D eigenvalue weighted by molar-refractivity contribution is -0.137. The van der Waals surface area contributed by atoms with Crippen LogP contribution in [0.15, 0.2) is 18.2 Å². The molecule has 1 aliphatic heterocycles. The molecule has 128 valence electrons. The summed E-state index contributed by atoms with van der Waals surface area (Å²) < 4.78 is 61.3. The van der Waals surface area contributed by atoms with Crippen molar-refractivity contribution in [2.45, 2.75) is 19.1 Å². The Kier molecular flexibility index (Phi) is 5.00. The van der Waals surface area contributed by atoms with Gasteiger partial charge in [-0.25, -0.2) is 8.42 Å². The molecule has 9 heteroatoms. The molecule has 0 aromatic heterocycles. The molecular weight excluding hydrogens is 335 g/mol. The van der Waals surface area contributed by atoms with E-state index in [1.807, 2.05) is 0 Å².